The van der Waals surface area contributed by atoms with Gasteiger partial charge in [0.2, 0.25) is 0 Å². The van der Waals surface area contributed by atoms with Gasteiger partial charge in [-0.05, 0) is 49.1 Å². The number of hydrogen-bond donors (Lipinski definition) is 2. The SMILES string of the molecule is CCCOc1cccc(/C(O)=C2/C(=O)C(=O)N(C3CCCC3)C2c2ccc(OC)c(O)c2)c1. The number of phenols is 1. The zero-order valence-corrected chi connectivity index (χ0v) is 18.9. The number of aliphatic hydroxyl groups is 1. The third kappa shape index (κ3) is 4.27. The average Bonchev–Trinajstić information content (AvgIpc) is 3.44. The number of likely N-dealkylation sites (tertiary alicyclic amines) is 1. The van der Waals surface area contributed by atoms with Gasteiger partial charge in [-0.3, -0.25) is 9.59 Å². The molecule has 2 fully saturated rings. The van der Waals surface area contributed by atoms with Gasteiger partial charge in [0.25, 0.3) is 11.7 Å². The fourth-order valence-corrected chi connectivity index (χ4v) is 4.72. The number of rotatable bonds is 7. The van der Waals surface area contributed by atoms with E-state index in [4.69, 9.17) is 9.47 Å². The van der Waals surface area contributed by atoms with E-state index in [0.29, 0.717) is 23.5 Å². The minimum atomic E-state index is -0.801. The fourth-order valence-electron chi connectivity index (χ4n) is 4.72. The second-order valence-electron chi connectivity index (χ2n) is 8.45. The first kappa shape index (κ1) is 22.7. The predicted octanol–water partition coefficient (Wildman–Crippen LogP) is 4.55. The number of Topliss-reactive ketones (excluding diaryl/α,β-unsaturated/α-hetero) is 1. The molecule has 1 aliphatic carbocycles. The summed E-state index contributed by atoms with van der Waals surface area (Å²) in [5, 5.41) is 21.6. The average molecular weight is 452 g/mol. The Bertz CT molecular complexity index is 1090. The van der Waals surface area contributed by atoms with E-state index in [1.54, 1.807) is 41.3 Å². The van der Waals surface area contributed by atoms with E-state index in [0.717, 1.165) is 32.1 Å². The highest BCUT2D eigenvalue weighted by molar-refractivity contribution is 6.46. The number of ketones is 1. The fraction of sp³-hybridized carbons (Fsp3) is 0.385. The van der Waals surface area contributed by atoms with Crippen LogP contribution in [0.4, 0.5) is 0 Å². The third-order valence-electron chi connectivity index (χ3n) is 6.30. The second kappa shape index (κ2) is 9.57. The molecule has 1 saturated carbocycles. The lowest BCUT2D eigenvalue weighted by Crippen LogP contribution is -2.37. The number of nitrogens with zero attached hydrogens (tertiary/aromatic N) is 1. The van der Waals surface area contributed by atoms with Crippen LogP contribution in [0.3, 0.4) is 0 Å². The van der Waals surface area contributed by atoms with Gasteiger partial charge < -0.3 is 24.6 Å². The molecule has 2 N–H and O–H groups in total. The van der Waals surface area contributed by atoms with Gasteiger partial charge in [-0.2, -0.15) is 0 Å². The van der Waals surface area contributed by atoms with Crippen LogP contribution in [-0.4, -0.2) is 46.6 Å². The predicted molar refractivity (Wildman–Crippen MR) is 123 cm³/mol. The maximum atomic E-state index is 13.2. The van der Waals surface area contributed by atoms with Crippen LogP contribution < -0.4 is 9.47 Å². The Morgan fingerprint density at radius 3 is 2.55 bits per heavy atom. The molecule has 1 amide bonds. The van der Waals surface area contributed by atoms with Crippen molar-refractivity contribution in [2.75, 3.05) is 13.7 Å². The normalized spacial score (nSPS) is 20.4. The van der Waals surface area contributed by atoms with Crippen molar-refractivity contribution < 1.29 is 29.3 Å². The van der Waals surface area contributed by atoms with Crippen molar-refractivity contribution in [3.63, 3.8) is 0 Å². The molecule has 33 heavy (non-hydrogen) atoms. The maximum Gasteiger partial charge on any atom is 0.295 e. The Labute approximate surface area is 193 Å². The molecule has 2 aliphatic rings. The van der Waals surface area contributed by atoms with E-state index in [9.17, 15) is 19.8 Å². The lowest BCUT2D eigenvalue weighted by molar-refractivity contribution is -0.141. The summed E-state index contributed by atoms with van der Waals surface area (Å²) in [7, 11) is 1.45. The first-order valence-electron chi connectivity index (χ1n) is 11.4. The summed E-state index contributed by atoms with van der Waals surface area (Å²) in [5.74, 6) is -0.832. The van der Waals surface area contributed by atoms with Gasteiger partial charge in [0, 0.05) is 11.6 Å². The van der Waals surface area contributed by atoms with E-state index in [1.165, 1.54) is 13.2 Å². The number of carbonyl (C=O) groups is 2. The number of ether oxygens (including phenoxy) is 2. The van der Waals surface area contributed by atoms with Crippen molar-refractivity contribution >= 4 is 17.4 Å². The van der Waals surface area contributed by atoms with E-state index >= 15 is 0 Å². The summed E-state index contributed by atoms with van der Waals surface area (Å²) in [5.41, 5.74) is 0.958. The van der Waals surface area contributed by atoms with E-state index in [2.05, 4.69) is 0 Å². The number of aromatic hydroxyl groups is 1. The summed E-state index contributed by atoms with van der Waals surface area (Å²) in [6.45, 7) is 2.53. The van der Waals surface area contributed by atoms with Gasteiger partial charge in [-0.15, -0.1) is 0 Å². The van der Waals surface area contributed by atoms with E-state index in [-0.39, 0.29) is 28.9 Å². The van der Waals surface area contributed by atoms with Crippen LogP contribution >= 0.6 is 0 Å². The van der Waals surface area contributed by atoms with Crippen molar-refractivity contribution in [3.8, 4) is 17.2 Å². The third-order valence-corrected chi connectivity index (χ3v) is 6.30. The molecule has 174 valence electrons. The molecule has 0 radical (unpaired) electrons. The molecule has 7 nitrogen and oxygen atoms in total. The van der Waals surface area contributed by atoms with Crippen molar-refractivity contribution in [1.29, 1.82) is 0 Å². The second-order valence-corrected chi connectivity index (χ2v) is 8.45. The Hall–Kier alpha value is -3.48. The molecule has 1 atom stereocenters. The number of benzene rings is 2. The van der Waals surface area contributed by atoms with Crippen LogP contribution in [0.15, 0.2) is 48.0 Å². The first-order valence-corrected chi connectivity index (χ1v) is 11.4. The summed E-state index contributed by atoms with van der Waals surface area (Å²) in [6, 6.07) is 10.8. The van der Waals surface area contributed by atoms with Crippen LogP contribution in [0.25, 0.3) is 5.76 Å². The zero-order chi connectivity index (χ0) is 23.5. The van der Waals surface area contributed by atoms with Crippen molar-refractivity contribution in [2.45, 2.75) is 51.1 Å². The highest BCUT2D eigenvalue weighted by Gasteiger charge is 2.49. The standard InChI is InChI=1S/C26H29NO6/c1-3-13-33-19-10-6-7-17(14-19)24(29)22-23(16-11-12-21(32-2)20(28)15-16)27(26(31)25(22)30)18-8-4-5-9-18/h6-7,10-12,14-15,18,23,28-29H,3-5,8-9,13H2,1-2H3/b24-22-. The molecule has 0 spiro atoms. The van der Waals surface area contributed by atoms with Crippen molar-refractivity contribution in [1.82, 2.24) is 4.90 Å². The molecule has 2 aromatic carbocycles. The minimum absolute atomic E-state index is 0.0177. The number of carbonyl (C=O) groups excluding carboxylic acids is 2. The number of phenolic OH excluding ortho intramolecular Hbond substituents is 1. The Morgan fingerprint density at radius 2 is 1.88 bits per heavy atom. The van der Waals surface area contributed by atoms with Crippen LogP contribution in [0, 0.1) is 0 Å². The lowest BCUT2D eigenvalue weighted by atomic mass is 9.94. The maximum absolute atomic E-state index is 13.2. The zero-order valence-electron chi connectivity index (χ0n) is 18.9. The Balaban J connectivity index is 1.84. The van der Waals surface area contributed by atoms with E-state index in [1.807, 2.05) is 6.92 Å². The molecule has 2 aromatic rings. The van der Waals surface area contributed by atoms with Crippen LogP contribution in [0.5, 0.6) is 17.2 Å². The van der Waals surface area contributed by atoms with Gasteiger partial charge >= 0.3 is 0 Å². The van der Waals surface area contributed by atoms with E-state index < -0.39 is 17.7 Å². The Morgan fingerprint density at radius 1 is 1.12 bits per heavy atom. The van der Waals surface area contributed by atoms with Gasteiger partial charge in [0.15, 0.2) is 11.5 Å². The van der Waals surface area contributed by atoms with Gasteiger partial charge in [0.05, 0.1) is 25.3 Å². The minimum Gasteiger partial charge on any atom is -0.507 e. The molecular formula is C26H29NO6. The molecule has 7 heteroatoms. The molecule has 1 heterocycles. The lowest BCUT2D eigenvalue weighted by Gasteiger charge is -2.31. The highest BCUT2D eigenvalue weighted by atomic mass is 16.5. The molecule has 0 aromatic heterocycles. The number of hydrogen-bond acceptors (Lipinski definition) is 6. The van der Waals surface area contributed by atoms with Crippen LogP contribution in [0.2, 0.25) is 0 Å². The van der Waals surface area contributed by atoms with Gasteiger partial charge in [-0.1, -0.05) is 38.0 Å². The highest BCUT2D eigenvalue weighted by Crippen LogP contribution is 2.45. The number of methoxy groups -OCH3 is 1. The molecule has 1 aliphatic heterocycles. The molecular weight excluding hydrogens is 422 g/mol. The molecule has 1 unspecified atom stereocenters. The van der Waals surface area contributed by atoms with Crippen molar-refractivity contribution in [2.24, 2.45) is 0 Å². The molecule has 4 rings (SSSR count). The summed E-state index contributed by atoms with van der Waals surface area (Å²) < 4.78 is 10.8. The number of amides is 1. The Kier molecular flexibility index (Phi) is 6.58. The number of aliphatic hydroxyl groups excluding tert-OH is 1. The summed E-state index contributed by atoms with van der Waals surface area (Å²) >= 11 is 0. The van der Waals surface area contributed by atoms with Crippen molar-refractivity contribution in [3.05, 3.63) is 59.2 Å². The quantitative estimate of drug-likeness (QED) is 0.364. The monoisotopic (exact) mass is 451 g/mol. The summed E-state index contributed by atoms with van der Waals surface area (Å²) in [4.78, 5) is 27.9. The smallest absolute Gasteiger partial charge is 0.295 e. The first-order chi connectivity index (χ1) is 16.0. The molecule has 0 bridgehead atoms. The van der Waals surface area contributed by atoms with Gasteiger partial charge in [0.1, 0.15) is 11.5 Å². The van der Waals surface area contributed by atoms with Crippen LogP contribution in [0.1, 0.15) is 56.2 Å². The largest absolute Gasteiger partial charge is 0.507 e. The van der Waals surface area contributed by atoms with Gasteiger partial charge in [-0.25, -0.2) is 0 Å². The molecule has 1 saturated heterocycles. The van der Waals surface area contributed by atoms with Crippen LogP contribution in [-0.2, 0) is 9.59 Å². The topological polar surface area (TPSA) is 96.3 Å². The summed E-state index contributed by atoms with van der Waals surface area (Å²) in [6.07, 6.45) is 4.39.